The molecule has 134 valence electrons. The van der Waals surface area contributed by atoms with Crippen LogP contribution in [0.2, 0.25) is 0 Å². The second-order valence-electron chi connectivity index (χ2n) is 6.40. The first-order chi connectivity index (χ1) is 12.8. The van der Waals surface area contributed by atoms with Crippen molar-refractivity contribution in [3.8, 4) is 5.69 Å². The van der Waals surface area contributed by atoms with Crippen molar-refractivity contribution in [1.29, 1.82) is 0 Å². The Bertz CT molecular complexity index is 911. The predicted octanol–water partition coefficient (Wildman–Crippen LogP) is 2.38. The van der Waals surface area contributed by atoms with Crippen LogP contribution in [0.3, 0.4) is 0 Å². The number of hydrogen-bond acceptors (Lipinski definition) is 4. The van der Waals surface area contributed by atoms with Crippen molar-refractivity contribution in [3.63, 3.8) is 0 Å². The van der Waals surface area contributed by atoms with Crippen molar-refractivity contribution in [1.82, 2.24) is 19.4 Å². The number of pyridine rings is 1. The number of aromatic nitrogens is 3. The Morgan fingerprint density at radius 1 is 1.15 bits per heavy atom. The third kappa shape index (κ3) is 3.20. The van der Waals surface area contributed by atoms with E-state index in [1.54, 1.807) is 6.20 Å². The van der Waals surface area contributed by atoms with Crippen molar-refractivity contribution < 1.29 is 9.53 Å². The molecule has 1 saturated heterocycles. The zero-order valence-corrected chi connectivity index (χ0v) is 14.9. The van der Waals surface area contributed by atoms with E-state index in [-0.39, 0.29) is 5.91 Å². The van der Waals surface area contributed by atoms with Crippen LogP contribution >= 0.6 is 0 Å². The van der Waals surface area contributed by atoms with Crippen molar-refractivity contribution in [2.75, 3.05) is 26.3 Å². The minimum absolute atomic E-state index is 0.157. The van der Waals surface area contributed by atoms with E-state index in [0.717, 1.165) is 34.7 Å². The molecule has 0 N–H and O–H groups in total. The van der Waals surface area contributed by atoms with Crippen molar-refractivity contribution in [2.24, 2.45) is 0 Å². The van der Waals surface area contributed by atoms with Gasteiger partial charge in [0.1, 0.15) is 11.3 Å². The molecular formula is C20H22N4O2. The number of aryl methyl sites for hydroxylation is 1. The topological polar surface area (TPSA) is 60.2 Å². The van der Waals surface area contributed by atoms with Gasteiger partial charge in [0.15, 0.2) is 5.65 Å². The molecule has 3 aromatic rings. The number of carbonyl (C=O) groups excluding carboxylic acids is 1. The summed E-state index contributed by atoms with van der Waals surface area (Å²) in [5.41, 5.74) is 3.80. The van der Waals surface area contributed by atoms with Gasteiger partial charge in [-0.15, -0.1) is 0 Å². The Morgan fingerprint density at radius 3 is 2.65 bits per heavy atom. The minimum Gasteiger partial charge on any atom is -0.378 e. The molecule has 6 nitrogen and oxygen atoms in total. The van der Waals surface area contributed by atoms with Gasteiger partial charge in [-0.05, 0) is 29.8 Å². The van der Waals surface area contributed by atoms with Crippen LogP contribution in [0.5, 0.6) is 0 Å². The number of rotatable bonds is 4. The largest absolute Gasteiger partial charge is 0.378 e. The molecule has 4 rings (SSSR count). The van der Waals surface area contributed by atoms with Crippen molar-refractivity contribution in [2.45, 2.75) is 19.8 Å². The van der Waals surface area contributed by atoms with Gasteiger partial charge in [0.05, 0.1) is 19.6 Å². The first-order valence-corrected chi connectivity index (χ1v) is 9.03. The number of ether oxygens (including phenoxy) is 1. The van der Waals surface area contributed by atoms with Gasteiger partial charge in [0.2, 0.25) is 5.91 Å². The summed E-state index contributed by atoms with van der Waals surface area (Å²) in [7, 11) is 0. The number of imidazole rings is 1. The molecule has 3 heterocycles. The monoisotopic (exact) mass is 350 g/mol. The molecule has 1 aliphatic heterocycles. The zero-order chi connectivity index (χ0) is 17.9. The lowest BCUT2D eigenvalue weighted by atomic mass is 10.1. The van der Waals surface area contributed by atoms with Crippen LogP contribution in [-0.2, 0) is 22.4 Å². The van der Waals surface area contributed by atoms with Crippen LogP contribution in [-0.4, -0.2) is 51.6 Å². The normalized spacial score (nSPS) is 14.7. The van der Waals surface area contributed by atoms with E-state index < -0.39 is 0 Å². The molecule has 0 unspecified atom stereocenters. The molecule has 1 amide bonds. The lowest BCUT2D eigenvalue weighted by Gasteiger charge is -2.26. The molecule has 0 radical (unpaired) electrons. The summed E-state index contributed by atoms with van der Waals surface area (Å²) in [4.78, 5) is 23.4. The first kappa shape index (κ1) is 16.7. The Kier molecular flexibility index (Phi) is 4.67. The molecule has 6 heteroatoms. The molecule has 0 atom stereocenters. The lowest BCUT2D eigenvalue weighted by molar-refractivity contribution is -0.134. The highest BCUT2D eigenvalue weighted by Crippen LogP contribution is 2.21. The summed E-state index contributed by atoms with van der Waals surface area (Å²) < 4.78 is 7.39. The van der Waals surface area contributed by atoms with Gasteiger partial charge in [0, 0.05) is 31.4 Å². The average molecular weight is 350 g/mol. The fourth-order valence-electron chi connectivity index (χ4n) is 3.33. The Balaban J connectivity index is 1.57. The highest BCUT2D eigenvalue weighted by molar-refractivity contribution is 5.79. The van der Waals surface area contributed by atoms with Gasteiger partial charge in [0.25, 0.3) is 0 Å². The predicted molar refractivity (Wildman–Crippen MR) is 99.3 cm³/mol. The summed E-state index contributed by atoms with van der Waals surface area (Å²) in [6, 6.07) is 12.0. The van der Waals surface area contributed by atoms with E-state index in [1.165, 1.54) is 0 Å². The van der Waals surface area contributed by atoms with Gasteiger partial charge in [-0.3, -0.25) is 9.36 Å². The molecule has 1 aliphatic rings. The molecule has 0 spiro atoms. The smallest absolute Gasteiger partial charge is 0.227 e. The maximum atomic E-state index is 12.4. The lowest BCUT2D eigenvalue weighted by Crippen LogP contribution is -2.41. The van der Waals surface area contributed by atoms with E-state index >= 15 is 0 Å². The Hall–Kier alpha value is -2.73. The van der Waals surface area contributed by atoms with E-state index in [0.29, 0.717) is 32.7 Å². The molecule has 1 aromatic carbocycles. The number of nitrogens with zero attached hydrogens (tertiary/aromatic N) is 4. The summed E-state index contributed by atoms with van der Waals surface area (Å²) in [6.45, 7) is 4.72. The average Bonchev–Trinajstić information content (AvgIpc) is 3.08. The van der Waals surface area contributed by atoms with Crippen molar-refractivity contribution in [3.05, 3.63) is 54.0 Å². The van der Waals surface area contributed by atoms with Crippen LogP contribution in [0.4, 0.5) is 0 Å². The number of carbonyl (C=O) groups is 1. The second-order valence-corrected chi connectivity index (χ2v) is 6.40. The number of morpholine rings is 1. The van der Waals surface area contributed by atoms with Crippen LogP contribution < -0.4 is 0 Å². The molecule has 1 fully saturated rings. The SMILES string of the molecule is CCc1nc2cccnc2n1-c1ccc(CC(=O)N2CCOCC2)cc1. The van der Waals surface area contributed by atoms with E-state index in [9.17, 15) is 4.79 Å². The van der Waals surface area contributed by atoms with Crippen LogP contribution in [0.1, 0.15) is 18.3 Å². The number of amides is 1. The number of benzene rings is 1. The van der Waals surface area contributed by atoms with Crippen molar-refractivity contribution >= 4 is 17.1 Å². The number of hydrogen-bond donors (Lipinski definition) is 0. The Labute approximate surface area is 152 Å². The minimum atomic E-state index is 0.157. The molecule has 2 aromatic heterocycles. The quantitative estimate of drug-likeness (QED) is 0.725. The fourth-order valence-corrected chi connectivity index (χ4v) is 3.33. The fraction of sp³-hybridized carbons (Fsp3) is 0.350. The summed E-state index contributed by atoms with van der Waals surface area (Å²) in [5, 5.41) is 0. The molecule has 26 heavy (non-hydrogen) atoms. The first-order valence-electron chi connectivity index (χ1n) is 9.03. The van der Waals surface area contributed by atoms with E-state index in [1.807, 2.05) is 41.3 Å². The second kappa shape index (κ2) is 7.25. The van der Waals surface area contributed by atoms with E-state index in [2.05, 4.69) is 21.5 Å². The van der Waals surface area contributed by atoms with Gasteiger partial charge < -0.3 is 9.64 Å². The highest BCUT2D eigenvalue weighted by atomic mass is 16.5. The van der Waals surface area contributed by atoms with Gasteiger partial charge >= 0.3 is 0 Å². The summed E-state index contributed by atoms with van der Waals surface area (Å²) >= 11 is 0. The summed E-state index contributed by atoms with van der Waals surface area (Å²) in [5.74, 6) is 1.14. The zero-order valence-electron chi connectivity index (χ0n) is 14.9. The van der Waals surface area contributed by atoms with Gasteiger partial charge in [-0.1, -0.05) is 19.1 Å². The Morgan fingerprint density at radius 2 is 1.92 bits per heavy atom. The third-order valence-corrected chi connectivity index (χ3v) is 4.72. The maximum absolute atomic E-state index is 12.4. The molecule has 0 bridgehead atoms. The molecule has 0 saturated carbocycles. The third-order valence-electron chi connectivity index (χ3n) is 4.72. The number of fused-ring (bicyclic) bond motifs is 1. The van der Waals surface area contributed by atoms with Crippen LogP contribution in [0, 0.1) is 0 Å². The highest BCUT2D eigenvalue weighted by Gasteiger charge is 2.17. The summed E-state index contributed by atoms with van der Waals surface area (Å²) in [6.07, 6.45) is 3.03. The van der Waals surface area contributed by atoms with E-state index in [4.69, 9.17) is 4.74 Å². The van der Waals surface area contributed by atoms with Crippen LogP contribution in [0.25, 0.3) is 16.9 Å². The maximum Gasteiger partial charge on any atom is 0.227 e. The van der Waals surface area contributed by atoms with Crippen LogP contribution in [0.15, 0.2) is 42.6 Å². The molecular weight excluding hydrogens is 328 g/mol. The van der Waals surface area contributed by atoms with Gasteiger partial charge in [-0.2, -0.15) is 0 Å². The molecule has 0 aliphatic carbocycles. The van der Waals surface area contributed by atoms with Gasteiger partial charge in [-0.25, -0.2) is 9.97 Å². The standard InChI is InChI=1S/C20H22N4O2/c1-2-18-22-17-4-3-9-21-20(17)24(18)16-7-5-15(6-8-16)14-19(25)23-10-12-26-13-11-23/h3-9H,2,10-14H2,1H3.